The van der Waals surface area contributed by atoms with Gasteiger partial charge in [0.2, 0.25) is 0 Å². The molecular formula is C8H7CsO3S. The Morgan fingerprint density at radius 1 is 1.23 bits per heavy atom. The summed E-state index contributed by atoms with van der Waals surface area (Å²) >= 11 is 0. The van der Waals surface area contributed by atoms with E-state index in [9.17, 15) is 13.0 Å². The predicted molar refractivity (Wildman–Crippen MR) is 44.5 cm³/mol. The molecule has 0 aliphatic carbocycles. The normalized spacial score (nSPS) is 10.2. The minimum absolute atomic E-state index is 0. The fraction of sp³-hybridized carbons (Fsp3) is 0. The maximum atomic E-state index is 10.5. The minimum Gasteiger partial charge on any atom is -0.744 e. The molecule has 0 spiro atoms. The van der Waals surface area contributed by atoms with Crippen LogP contribution in [0.15, 0.2) is 35.7 Å². The van der Waals surface area contributed by atoms with Crippen molar-refractivity contribution < 1.29 is 81.9 Å². The number of benzene rings is 1. The summed E-state index contributed by atoms with van der Waals surface area (Å²) in [6.45, 7) is 3.50. The van der Waals surface area contributed by atoms with E-state index in [0.29, 0.717) is 0 Å². The van der Waals surface area contributed by atoms with Gasteiger partial charge in [-0.3, -0.25) is 0 Å². The molecule has 13 heavy (non-hydrogen) atoms. The Kier molecular flexibility index (Phi) is 6.12. The van der Waals surface area contributed by atoms with Crippen LogP contribution in [0.1, 0.15) is 5.56 Å². The second kappa shape index (κ2) is 5.72. The molecule has 0 aromatic heterocycles. The van der Waals surface area contributed by atoms with Crippen LogP contribution < -0.4 is 68.9 Å². The Labute approximate surface area is 136 Å². The zero-order chi connectivity index (χ0) is 9.19. The van der Waals surface area contributed by atoms with Gasteiger partial charge in [-0.25, -0.2) is 8.42 Å². The Morgan fingerprint density at radius 3 is 2.00 bits per heavy atom. The van der Waals surface area contributed by atoms with Gasteiger partial charge in [0, 0.05) is 0 Å². The van der Waals surface area contributed by atoms with Crippen molar-refractivity contribution >= 4 is 16.2 Å². The minimum atomic E-state index is -4.31. The predicted octanol–water partition coefficient (Wildman–Crippen LogP) is -1.76. The van der Waals surface area contributed by atoms with Crippen LogP contribution >= 0.6 is 0 Å². The molecule has 0 aliphatic heterocycles. The molecule has 0 aliphatic rings. The molecule has 1 aromatic carbocycles. The van der Waals surface area contributed by atoms with Gasteiger partial charge in [-0.2, -0.15) is 0 Å². The van der Waals surface area contributed by atoms with E-state index < -0.39 is 10.1 Å². The molecule has 0 amide bonds. The Hall–Kier alpha value is 0.922. The van der Waals surface area contributed by atoms with E-state index in [1.165, 1.54) is 24.3 Å². The first kappa shape index (κ1) is 13.9. The van der Waals surface area contributed by atoms with Gasteiger partial charge in [-0.15, -0.1) is 0 Å². The fourth-order valence-corrected chi connectivity index (χ4v) is 1.24. The standard InChI is InChI=1S/C8H8O3S.Cs/c1-2-7-3-5-8(6-4-7)12(9,10)11;/h2-6H,1H2,(H,9,10,11);/q;+1/p-1. The summed E-state index contributed by atoms with van der Waals surface area (Å²) in [6.07, 6.45) is 1.57. The molecule has 0 saturated heterocycles. The number of hydrogen-bond acceptors (Lipinski definition) is 3. The zero-order valence-corrected chi connectivity index (χ0v) is 14.3. The third kappa shape index (κ3) is 4.31. The van der Waals surface area contributed by atoms with Crippen molar-refractivity contribution in [1.82, 2.24) is 0 Å². The van der Waals surface area contributed by atoms with E-state index in [2.05, 4.69) is 6.58 Å². The summed E-state index contributed by atoms with van der Waals surface area (Å²) in [7, 11) is -4.31. The summed E-state index contributed by atoms with van der Waals surface area (Å²) in [6, 6.07) is 5.58. The van der Waals surface area contributed by atoms with Gasteiger partial charge in [0.25, 0.3) is 0 Å². The summed E-state index contributed by atoms with van der Waals surface area (Å²) in [5.74, 6) is 0. The maximum Gasteiger partial charge on any atom is 1.00 e. The molecule has 0 radical (unpaired) electrons. The van der Waals surface area contributed by atoms with E-state index in [0.717, 1.165) is 5.56 Å². The van der Waals surface area contributed by atoms with Gasteiger partial charge in [-0.1, -0.05) is 24.8 Å². The molecule has 0 N–H and O–H groups in total. The molecule has 0 saturated carbocycles. The van der Waals surface area contributed by atoms with Crippen molar-refractivity contribution in [3.05, 3.63) is 36.4 Å². The van der Waals surface area contributed by atoms with Gasteiger partial charge >= 0.3 is 68.9 Å². The monoisotopic (exact) mass is 316 g/mol. The quantitative estimate of drug-likeness (QED) is 0.608. The zero-order valence-electron chi connectivity index (χ0n) is 7.23. The third-order valence-corrected chi connectivity index (χ3v) is 2.25. The van der Waals surface area contributed by atoms with E-state index in [1.807, 2.05) is 0 Å². The second-order valence-corrected chi connectivity index (χ2v) is 3.61. The number of hydrogen-bond donors (Lipinski definition) is 0. The first-order valence-corrected chi connectivity index (χ1v) is 4.63. The molecule has 0 bridgehead atoms. The Balaban J connectivity index is 0.00000144. The summed E-state index contributed by atoms with van der Waals surface area (Å²) in [5, 5.41) is 0. The topological polar surface area (TPSA) is 57.2 Å². The van der Waals surface area contributed by atoms with Gasteiger partial charge < -0.3 is 4.55 Å². The Morgan fingerprint density at radius 2 is 1.69 bits per heavy atom. The molecular weight excluding hydrogens is 309 g/mol. The van der Waals surface area contributed by atoms with Gasteiger partial charge in [0.15, 0.2) is 0 Å². The molecule has 1 rings (SSSR count). The van der Waals surface area contributed by atoms with Crippen molar-refractivity contribution in [3.63, 3.8) is 0 Å². The summed E-state index contributed by atoms with van der Waals surface area (Å²) in [5.41, 5.74) is 0.780. The van der Waals surface area contributed by atoms with E-state index >= 15 is 0 Å². The van der Waals surface area contributed by atoms with Crippen LogP contribution in [0.25, 0.3) is 6.08 Å². The molecule has 5 heteroatoms. The van der Waals surface area contributed by atoms with Crippen LogP contribution in [0.2, 0.25) is 0 Å². The van der Waals surface area contributed by atoms with E-state index in [-0.39, 0.29) is 73.8 Å². The van der Waals surface area contributed by atoms with Crippen LogP contribution in [-0.4, -0.2) is 13.0 Å². The first-order valence-electron chi connectivity index (χ1n) is 3.22. The van der Waals surface area contributed by atoms with Crippen LogP contribution in [0.5, 0.6) is 0 Å². The summed E-state index contributed by atoms with van der Waals surface area (Å²) < 4.78 is 31.4. The van der Waals surface area contributed by atoms with E-state index in [4.69, 9.17) is 0 Å². The summed E-state index contributed by atoms with van der Waals surface area (Å²) in [4.78, 5) is -0.215. The largest absolute Gasteiger partial charge is 1.00 e. The average Bonchev–Trinajstić information content (AvgIpc) is 2.03. The van der Waals surface area contributed by atoms with Crippen molar-refractivity contribution in [3.8, 4) is 0 Å². The van der Waals surface area contributed by atoms with Gasteiger partial charge in [0.05, 0.1) is 4.90 Å². The maximum absolute atomic E-state index is 10.5. The van der Waals surface area contributed by atoms with Crippen molar-refractivity contribution in [2.45, 2.75) is 4.90 Å². The van der Waals surface area contributed by atoms with Gasteiger partial charge in [-0.05, 0) is 17.7 Å². The average molecular weight is 316 g/mol. The molecule has 3 nitrogen and oxygen atoms in total. The SMILES string of the molecule is C=Cc1ccc(S(=O)(=O)[O-])cc1.[Cs+]. The van der Waals surface area contributed by atoms with Crippen molar-refractivity contribution in [1.29, 1.82) is 0 Å². The van der Waals surface area contributed by atoms with Crippen molar-refractivity contribution in [2.24, 2.45) is 0 Å². The molecule has 0 fully saturated rings. The molecule has 0 atom stereocenters. The first-order chi connectivity index (χ1) is 5.54. The molecule has 0 heterocycles. The molecule has 64 valence electrons. The second-order valence-electron chi connectivity index (χ2n) is 2.23. The number of rotatable bonds is 2. The Bertz CT molecular complexity index is 380. The smallest absolute Gasteiger partial charge is 0.744 e. The van der Waals surface area contributed by atoms with Gasteiger partial charge in [0.1, 0.15) is 10.1 Å². The van der Waals surface area contributed by atoms with Crippen LogP contribution in [0.4, 0.5) is 0 Å². The third-order valence-electron chi connectivity index (χ3n) is 1.40. The molecule has 0 unspecified atom stereocenters. The van der Waals surface area contributed by atoms with Crippen LogP contribution in [0.3, 0.4) is 0 Å². The van der Waals surface area contributed by atoms with Crippen molar-refractivity contribution in [2.75, 3.05) is 0 Å². The van der Waals surface area contributed by atoms with Crippen LogP contribution in [0, 0.1) is 0 Å². The van der Waals surface area contributed by atoms with Crippen LogP contribution in [-0.2, 0) is 10.1 Å². The fourth-order valence-electron chi connectivity index (χ4n) is 0.771. The molecule has 1 aromatic rings. The van der Waals surface area contributed by atoms with E-state index in [1.54, 1.807) is 6.08 Å².